The number of hydrogen-bond donors (Lipinski definition) is 1. The zero-order valence-electron chi connectivity index (χ0n) is 11.9. The van der Waals surface area contributed by atoms with E-state index < -0.39 is 17.4 Å². The molecule has 1 unspecified atom stereocenters. The minimum atomic E-state index is -1.41. The third-order valence-corrected chi connectivity index (χ3v) is 3.87. The van der Waals surface area contributed by atoms with E-state index in [1.54, 1.807) is 32.0 Å². The van der Waals surface area contributed by atoms with E-state index in [2.05, 4.69) is 15.2 Å². The average Bonchev–Trinajstić information content (AvgIpc) is 2.96. The molecule has 8 heteroatoms. The molecular formula is C14H13Cl2N3O3. The Hall–Kier alpha value is -1.63. The lowest BCUT2D eigenvalue weighted by atomic mass is 9.90. The number of benzene rings is 1. The second-order valence-electron chi connectivity index (χ2n) is 5.43. The van der Waals surface area contributed by atoms with Crippen LogP contribution >= 0.6 is 23.2 Å². The summed E-state index contributed by atoms with van der Waals surface area (Å²) in [7, 11) is 0. The number of H-pyrrole nitrogens is 1. The molecule has 1 aromatic heterocycles. The van der Waals surface area contributed by atoms with Gasteiger partial charge in [0.25, 0.3) is 0 Å². The summed E-state index contributed by atoms with van der Waals surface area (Å²) in [5, 5.41) is 7.38. The van der Waals surface area contributed by atoms with Crippen LogP contribution in [0.5, 0.6) is 0 Å². The van der Waals surface area contributed by atoms with Gasteiger partial charge in [-0.25, -0.2) is 9.78 Å². The minimum Gasteiger partial charge on any atom is -0.431 e. The van der Waals surface area contributed by atoms with Crippen molar-refractivity contribution in [1.82, 2.24) is 15.2 Å². The first-order valence-electron chi connectivity index (χ1n) is 6.56. The fourth-order valence-electron chi connectivity index (χ4n) is 2.52. The van der Waals surface area contributed by atoms with E-state index in [0.29, 0.717) is 21.4 Å². The predicted octanol–water partition coefficient (Wildman–Crippen LogP) is 2.86. The zero-order chi connectivity index (χ0) is 16.0. The molecule has 1 saturated heterocycles. The number of nitrogens with zero attached hydrogens (tertiary/aromatic N) is 2. The number of aromatic amines is 1. The number of rotatable bonds is 3. The van der Waals surface area contributed by atoms with Crippen molar-refractivity contribution in [3.8, 4) is 0 Å². The standard InChI is InChI=1S/C14H13Cl2N3O3/c1-13(2)21-12(20)14(22-13,6-11-17-7-18-19-11)9-4-3-8(15)5-10(9)16/h3-5,7H,6H2,1-2H3,(H,17,18,19). The topological polar surface area (TPSA) is 77.1 Å². The fraction of sp³-hybridized carbons (Fsp3) is 0.357. The molecular weight excluding hydrogens is 329 g/mol. The van der Waals surface area contributed by atoms with Gasteiger partial charge in [0, 0.05) is 29.5 Å². The van der Waals surface area contributed by atoms with E-state index in [9.17, 15) is 4.79 Å². The summed E-state index contributed by atoms with van der Waals surface area (Å²) < 4.78 is 11.3. The van der Waals surface area contributed by atoms with E-state index in [-0.39, 0.29) is 6.42 Å². The van der Waals surface area contributed by atoms with Gasteiger partial charge in [-0.2, -0.15) is 5.10 Å². The zero-order valence-corrected chi connectivity index (χ0v) is 13.4. The molecule has 22 heavy (non-hydrogen) atoms. The first kappa shape index (κ1) is 15.3. The monoisotopic (exact) mass is 341 g/mol. The highest BCUT2D eigenvalue weighted by Crippen LogP contribution is 2.44. The van der Waals surface area contributed by atoms with Crippen LogP contribution in [0.15, 0.2) is 24.5 Å². The van der Waals surface area contributed by atoms with Crippen molar-refractivity contribution in [2.75, 3.05) is 0 Å². The maximum absolute atomic E-state index is 12.6. The summed E-state index contributed by atoms with van der Waals surface area (Å²) in [6.07, 6.45) is 1.53. The van der Waals surface area contributed by atoms with Crippen LogP contribution in [0.2, 0.25) is 10.0 Å². The Morgan fingerprint density at radius 3 is 2.64 bits per heavy atom. The summed E-state index contributed by atoms with van der Waals surface area (Å²) in [6.45, 7) is 3.32. The van der Waals surface area contributed by atoms with Crippen molar-refractivity contribution < 1.29 is 14.3 Å². The highest BCUT2D eigenvalue weighted by atomic mass is 35.5. The summed E-state index contributed by atoms with van der Waals surface area (Å²) >= 11 is 12.2. The highest BCUT2D eigenvalue weighted by molar-refractivity contribution is 6.35. The van der Waals surface area contributed by atoms with Gasteiger partial charge in [0.2, 0.25) is 11.4 Å². The van der Waals surface area contributed by atoms with Crippen LogP contribution in [-0.4, -0.2) is 26.9 Å². The maximum Gasteiger partial charge on any atom is 0.346 e. The van der Waals surface area contributed by atoms with Gasteiger partial charge in [0.1, 0.15) is 6.33 Å². The summed E-state index contributed by atoms with van der Waals surface area (Å²) in [5.41, 5.74) is -0.938. The molecule has 1 fully saturated rings. The molecule has 1 aromatic carbocycles. The summed E-state index contributed by atoms with van der Waals surface area (Å²) in [4.78, 5) is 16.6. The number of ether oxygens (including phenoxy) is 2. The smallest absolute Gasteiger partial charge is 0.346 e. The number of carbonyl (C=O) groups excluding carboxylic acids is 1. The van der Waals surface area contributed by atoms with Gasteiger partial charge in [-0.1, -0.05) is 29.3 Å². The molecule has 0 saturated carbocycles. The molecule has 0 aliphatic carbocycles. The van der Waals surface area contributed by atoms with Crippen molar-refractivity contribution in [1.29, 1.82) is 0 Å². The number of halogens is 2. The second kappa shape index (κ2) is 5.22. The third kappa shape index (κ3) is 2.58. The van der Waals surface area contributed by atoms with Gasteiger partial charge in [-0.15, -0.1) is 0 Å². The minimum absolute atomic E-state index is 0.0973. The number of aromatic nitrogens is 3. The number of nitrogens with one attached hydrogen (secondary N) is 1. The Morgan fingerprint density at radius 2 is 2.09 bits per heavy atom. The van der Waals surface area contributed by atoms with Crippen LogP contribution in [0.1, 0.15) is 25.2 Å². The third-order valence-electron chi connectivity index (χ3n) is 3.33. The van der Waals surface area contributed by atoms with Gasteiger partial charge in [-0.05, 0) is 12.1 Å². The van der Waals surface area contributed by atoms with Crippen LogP contribution in [0.4, 0.5) is 0 Å². The van der Waals surface area contributed by atoms with Gasteiger partial charge in [0.15, 0.2) is 5.82 Å². The normalized spacial score (nSPS) is 23.5. The Kier molecular flexibility index (Phi) is 3.63. The van der Waals surface area contributed by atoms with E-state index in [1.165, 1.54) is 6.33 Å². The number of carbonyl (C=O) groups is 1. The molecule has 1 aliphatic rings. The van der Waals surface area contributed by atoms with Crippen LogP contribution in [0, 0.1) is 0 Å². The number of cyclic esters (lactones) is 1. The fourth-order valence-corrected chi connectivity index (χ4v) is 3.08. The lowest BCUT2D eigenvalue weighted by molar-refractivity contribution is -0.167. The van der Waals surface area contributed by atoms with Crippen molar-refractivity contribution in [3.05, 3.63) is 46.0 Å². The van der Waals surface area contributed by atoms with Gasteiger partial charge in [-0.3, -0.25) is 5.10 Å². The van der Waals surface area contributed by atoms with Crippen LogP contribution < -0.4 is 0 Å². The Labute approximate surface area is 136 Å². The van der Waals surface area contributed by atoms with Crippen LogP contribution in [-0.2, 0) is 26.3 Å². The molecule has 0 spiro atoms. The number of esters is 1. The quantitative estimate of drug-likeness (QED) is 0.868. The molecule has 3 rings (SSSR count). The van der Waals surface area contributed by atoms with Gasteiger partial charge in [0.05, 0.1) is 6.42 Å². The second-order valence-corrected chi connectivity index (χ2v) is 6.28. The largest absolute Gasteiger partial charge is 0.431 e. The lowest BCUT2D eigenvalue weighted by Crippen LogP contribution is -2.37. The first-order chi connectivity index (χ1) is 10.3. The Balaban J connectivity index is 2.13. The Morgan fingerprint density at radius 1 is 1.32 bits per heavy atom. The molecule has 1 N–H and O–H groups in total. The van der Waals surface area contributed by atoms with E-state index >= 15 is 0 Å². The van der Waals surface area contributed by atoms with E-state index in [4.69, 9.17) is 32.7 Å². The first-order valence-corrected chi connectivity index (χ1v) is 7.32. The molecule has 1 aliphatic heterocycles. The molecule has 1 atom stereocenters. The van der Waals surface area contributed by atoms with Gasteiger partial charge >= 0.3 is 5.97 Å². The lowest BCUT2D eigenvalue weighted by Gasteiger charge is -2.26. The van der Waals surface area contributed by atoms with Crippen molar-refractivity contribution in [2.45, 2.75) is 31.7 Å². The SMILES string of the molecule is CC1(C)OC(=O)C(Cc2nc[nH]n2)(c2ccc(Cl)cc2Cl)O1. The van der Waals surface area contributed by atoms with E-state index in [0.717, 1.165) is 0 Å². The van der Waals surface area contributed by atoms with Gasteiger partial charge < -0.3 is 9.47 Å². The predicted molar refractivity (Wildman–Crippen MR) is 79.5 cm³/mol. The number of hydrogen-bond acceptors (Lipinski definition) is 5. The summed E-state index contributed by atoms with van der Waals surface area (Å²) in [6, 6.07) is 4.85. The molecule has 0 bridgehead atoms. The Bertz CT molecular complexity index is 718. The molecule has 0 radical (unpaired) electrons. The van der Waals surface area contributed by atoms with Crippen LogP contribution in [0.3, 0.4) is 0 Å². The maximum atomic E-state index is 12.6. The van der Waals surface area contributed by atoms with Crippen molar-refractivity contribution >= 4 is 29.2 Å². The molecule has 2 aromatic rings. The van der Waals surface area contributed by atoms with Crippen LogP contribution in [0.25, 0.3) is 0 Å². The average molecular weight is 342 g/mol. The van der Waals surface area contributed by atoms with Crippen molar-refractivity contribution in [2.24, 2.45) is 0 Å². The molecule has 6 nitrogen and oxygen atoms in total. The van der Waals surface area contributed by atoms with Crippen molar-refractivity contribution in [3.63, 3.8) is 0 Å². The highest BCUT2D eigenvalue weighted by Gasteiger charge is 2.56. The molecule has 116 valence electrons. The molecule has 0 amide bonds. The summed E-state index contributed by atoms with van der Waals surface area (Å²) in [5.74, 6) is -1.19. The van der Waals surface area contributed by atoms with E-state index in [1.807, 2.05) is 0 Å². The molecule has 2 heterocycles.